The molecule has 1 aromatic heterocycles. The number of aryl methyl sites for hydroxylation is 1. The number of hydrogen-bond donors (Lipinski definition) is 1. The minimum absolute atomic E-state index is 0.174. The van der Waals surface area contributed by atoms with Gasteiger partial charge < -0.3 is 14.8 Å². The van der Waals surface area contributed by atoms with Crippen molar-refractivity contribution in [2.75, 3.05) is 18.5 Å². The van der Waals surface area contributed by atoms with Crippen LogP contribution < -0.4 is 14.8 Å². The van der Waals surface area contributed by atoms with Gasteiger partial charge >= 0.3 is 0 Å². The van der Waals surface area contributed by atoms with Crippen molar-refractivity contribution in [1.29, 1.82) is 0 Å². The van der Waals surface area contributed by atoms with E-state index in [0.29, 0.717) is 24.5 Å². The van der Waals surface area contributed by atoms with E-state index in [2.05, 4.69) is 10.3 Å². The van der Waals surface area contributed by atoms with E-state index in [4.69, 9.17) is 9.47 Å². The highest BCUT2D eigenvalue weighted by Gasteiger charge is 2.15. The third-order valence-corrected chi connectivity index (χ3v) is 3.08. The minimum Gasteiger partial charge on any atom is -0.486 e. The summed E-state index contributed by atoms with van der Waals surface area (Å²) in [6.45, 7) is 2.99. The van der Waals surface area contributed by atoms with Crippen molar-refractivity contribution < 1.29 is 14.3 Å². The minimum atomic E-state index is -0.174. The number of benzene rings is 1. The number of ether oxygens (including phenoxy) is 2. The van der Waals surface area contributed by atoms with Gasteiger partial charge in [0.2, 0.25) is 0 Å². The highest BCUT2D eigenvalue weighted by molar-refractivity contribution is 6.04. The first-order valence-electron chi connectivity index (χ1n) is 6.35. The Morgan fingerprint density at radius 2 is 1.80 bits per heavy atom. The molecule has 0 bridgehead atoms. The lowest BCUT2D eigenvalue weighted by Gasteiger charge is -2.20. The molecule has 0 saturated heterocycles. The molecule has 20 heavy (non-hydrogen) atoms. The molecule has 2 aromatic rings. The summed E-state index contributed by atoms with van der Waals surface area (Å²) in [6.07, 6.45) is 3.18. The number of aromatic nitrogens is 1. The highest BCUT2D eigenvalue weighted by Crippen LogP contribution is 2.35. The lowest BCUT2D eigenvalue weighted by atomic mass is 10.1. The van der Waals surface area contributed by atoms with Gasteiger partial charge in [0.15, 0.2) is 11.5 Å². The molecule has 1 aliphatic rings. The summed E-state index contributed by atoms with van der Waals surface area (Å²) in [7, 11) is 0. The topological polar surface area (TPSA) is 60.5 Å². The van der Waals surface area contributed by atoms with Gasteiger partial charge in [-0.1, -0.05) is 0 Å². The van der Waals surface area contributed by atoms with Gasteiger partial charge in [-0.25, -0.2) is 0 Å². The Hall–Kier alpha value is -2.56. The molecule has 0 spiro atoms. The number of amides is 1. The second-order valence-corrected chi connectivity index (χ2v) is 4.50. The molecule has 0 unspecified atom stereocenters. The molecular weight excluding hydrogens is 256 g/mol. The molecule has 3 rings (SSSR count). The standard InChI is InChI=1S/C15H14N2O3/c1-10-8-13-14(20-7-6-19-13)9-12(10)17-15(18)11-2-4-16-5-3-11/h2-5,8-9H,6-7H2,1H3,(H,17,18). The van der Waals surface area contributed by atoms with E-state index in [9.17, 15) is 4.79 Å². The zero-order valence-electron chi connectivity index (χ0n) is 11.1. The summed E-state index contributed by atoms with van der Waals surface area (Å²) < 4.78 is 11.0. The lowest BCUT2D eigenvalue weighted by molar-refractivity contribution is 0.102. The van der Waals surface area contributed by atoms with Crippen LogP contribution in [0.3, 0.4) is 0 Å². The molecule has 0 atom stereocenters. The van der Waals surface area contributed by atoms with E-state index < -0.39 is 0 Å². The Kier molecular flexibility index (Phi) is 3.25. The van der Waals surface area contributed by atoms with Crippen LogP contribution in [-0.4, -0.2) is 24.1 Å². The highest BCUT2D eigenvalue weighted by atomic mass is 16.6. The second-order valence-electron chi connectivity index (χ2n) is 4.50. The predicted molar refractivity (Wildman–Crippen MR) is 74.4 cm³/mol. The van der Waals surface area contributed by atoms with Crippen LogP contribution in [0.1, 0.15) is 15.9 Å². The number of hydrogen-bond acceptors (Lipinski definition) is 4. The molecule has 0 radical (unpaired) electrons. The average molecular weight is 270 g/mol. The van der Waals surface area contributed by atoms with Crippen molar-refractivity contribution in [2.45, 2.75) is 6.92 Å². The number of nitrogens with zero attached hydrogens (tertiary/aromatic N) is 1. The summed E-state index contributed by atoms with van der Waals surface area (Å²) in [6, 6.07) is 7.00. The van der Waals surface area contributed by atoms with Gasteiger partial charge in [-0.3, -0.25) is 9.78 Å². The molecular formula is C15H14N2O3. The molecule has 0 fully saturated rings. The van der Waals surface area contributed by atoms with Crippen molar-refractivity contribution >= 4 is 11.6 Å². The molecule has 5 heteroatoms. The van der Waals surface area contributed by atoms with Crippen LogP contribution in [0, 0.1) is 6.92 Å². The molecule has 0 aliphatic carbocycles. The van der Waals surface area contributed by atoms with Crippen molar-refractivity contribution in [2.24, 2.45) is 0 Å². The summed E-state index contributed by atoms with van der Waals surface area (Å²) in [4.78, 5) is 16.0. The summed E-state index contributed by atoms with van der Waals surface area (Å²) in [5.41, 5.74) is 2.21. The SMILES string of the molecule is Cc1cc2c(cc1NC(=O)c1ccncc1)OCCO2. The van der Waals surface area contributed by atoms with Crippen LogP contribution in [0.4, 0.5) is 5.69 Å². The largest absolute Gasteiger partial charge is 0.486 e. The van der Waals surface area contributed by atoms with E-state index in [1.165, 1.54) is 0 Å². The maximum absolute atomic E-state index is 12.1. The molecule has 2 heterocycles. The maximum atomic E-state index is 12.1. The Balaban J connectivity index is 1.86. The fourth-order valence-corrected chi connectivity index (χ4v) is 2.02. The third kappa shape index (κ3) is 2.42. The Bertz CT molecular complexity index is 641. The summed E-state index contributed by atoms with van der Waals surface area (Å²) in [5.74, 6) is 1.20. The Labute approximate surface area is 116 Å². The number of nitrogens with one attached hydrogen (secondary N) is 1. The number of carbonyl (C=O) groups is 1. The summed E-state index contributed by atoms with van der Waals surface area (Å²) >= 11 is 0. The van der Waals surface area contributed by atoms with E-state index in [1.54, 1.807) is 30.6 Å². The molecule has 5 nitrogen and oxygen atoms in total. The van der Waals surface area contributed by atoms with Gasteiger partial charge in [0.05, 0.1) is 0 Å². The van der Waals surface area contributed by atoms with E-state index in [0.717, 1.165) is 17.0 Å². The fraction of sp³-hybridized carbons (Fsp3) is 0.200. The smallest absolute Gasteiger partial charge is 0.255 e. The van der Waals surface area contributed by atoms with Crippen molar-refractivity contribution in [3.8, 4) is 11.5 Å². The molecule has 1 aliphatic heterocycles. The number of rotatable bonds is 2. The first-order valence-corrected chi connectivity index (χ1v) is 6.35. The van der Waals surface area contributed by atoms with Gasteiger partial charge in [-0.2, -0.15) is 0 Å². The van der Waals surface area contributed by atoms with Gasteiger partial charge in [-0.05, 0) is 30.7 Å². The molecule has 102 valence electrons. The van der Waals surface area contributed by atoms with Crippen LogP contribution in [-0.2, 0) is 0 Å². The van der Waals surface area contributed by atoms with Crippen LogP contribution >= 0.6 is 0 Å². The van der Waals surface area contributed by atoms with E-state index >= 15 is 0 Å². The van der Waals surface area contributed by atoms with Crippen molar-refractivity contribution in [3.63, 3.8) is 0 Å². The maximum Gasteiger partial charge on any atom is 0.255 e. The monoisotopic (exact) mass is 270 g/mol. The number of fused-ring (bicyclic) bond motifs is 1. The van der Waals surface area contributed by atoms with Crippen LogP contribution in [0.25, 0.3) is 0 Å². The predicted octanol–water partition coefficient (Wildman–Crippen LogP) is 2.41. The second kappa shape index (κ2) is 5.21. The van der Waals surface area contributed by atoms with Crippen LogP contribution in [0.5, 0.6) is 11.5 Å². The molecule has 1 aromatic carbocycles. The quantitative estimate of drug-likeness (QED) is 0.910. The lowest BCUT2D eigenvalue weighted by Crippen LogP contribution is -2.17. The normalized spacial score (nSPS) is 12.8. The van der Waals surface area contributed by atoms with E-state index in [-0.39, 0.29) is 5.91 Å². The summed E-state index contributed by atoms with van der Waals surface area (Å²) in [5, 5.41) is 2.87. The van der Waals surface area contributed by atoms with Gasteiger partial charge in [0, 0.05) is 29.7 Å². The molecule has 0 saturated carbocycles. The van der Waals surface area contributed by atoms with Gasteiger partial charge in [-0.15, -0.1) is 0 Å². The third-order valence-electron chi connectivity index (χ3n) is 3.08. The number of anilines is 1. The van der Waals surface area contributed by atoms with E-state index in [1.807, 2.05) is 13.0 Å². The Morgan fingerprint density at radius 3 is 2.50 bits per heavy atom. The molecule has 1 N–H and O–H groups in total. The first-order chi connectivity index (χ1) is 9.74. The number of pyridine rings is 1. The van der Waals surface area contributed by atoms with Gasteiger partial charge in [0.25, 0.3) is 5.91 Å². The van der Waals surface area contributed by atoms with Gasteiger partial charge in [0.1, 0.15) is 13.2 Å². The van der Waals surface area contributed by atoms with Crippen LogP contribution in [0.2, 0.25) is 0 Å². The zero-order valence-corrected chi connectivity index (χ0v) is 11.1. The fourth-order valence-electron chi connectivity index (χ4n) is 2.02. The Morgan fingerprint density at radius 1 is 1.15 bits per heavy atom. The van der Waals surface area contributed by atoms with Crippen molar-refractivity contribution in [3.05, 3.63) is 47.8 Å². The van der Waals surface area contributed by atoms with Crippen molar-refractivity contribution in [1.82, 2.24) is 4.98 Å². The first kappa shape index (κ1) is 12.5. The average Bonchev–Trinajstić information content (AvgIpc) is 2.49. The zero-order chi connectivity index (χ0) is 13.9. The van der Waals surface area contributed by atoms with Crippen LogP contribution in [0.15, 0.2) is 36.7 Å². The molecule has 1 amide bonds. The number of carbonyl (C=O) groups excluding carboxylic acids is 1.